The number of anilines is 1. The zero-order valence-corrected chi connectivity index (χ0v) is 16.3. The molecule has 3 rings (SSSR count). The number of carbonyl (C=O) groups is 2. The lowest BCUT2D eigenvalue weighted by Crippen LogP contribution is -2.37. The van der Waals surface area contributed by atoms with E-state index in [0.717, 1.165) is 22.6 Å². The van der Waals surface area contributed by atoms with Crippen LogP contribution >= 0.6 is 12.2 Å². The molecule has 0 radical (unpaired) electrons. The minimum absolute atomic E-state index is 0.0260. The van der Waals surface area contributed by atoms with E-state index in [-0.39, 0.29) is 16.5 Å². The first kappa shape index (κ1) is 21.3. The Morgan fingerprint density at radius 1 is 1.13 bits per heavy atom. The van der Waals surface area contributed by atoms with Gasteiger partial charge in [-0.15, -0.1) is 0 Å². The number of allylic oxidation sites excluding steroid dienone is 2. The van der Waals surface area contributed by atoms with E-state index in [1.54, 1.807) is 12.2 Å². The number of hydrogen-bond acceptors (Lipinski definition) is 3. The quantitative estimate of drug-likeness (QED) is 0.556. The Balaban J connectivity index is 1.63. The van der Waals surface area contributed by atoms with Crippen molar-refractivity contribution in [1.82, 2.24) is 10.2 Å². The molecule has 9 heteroatoms. The molecule has 2 aromatic carbocycles. The van der Waals surface area contributed by atoms with E-state index in [1.165, 1.54) is 18.2 Å². The fourth-order valence-corrected chi connectivity index (χ4v) is 2.92. The molecule has 5 nitrogen and oxygen atoms in total. The van der Waals surface area contributed by atoms with Crippen molar-refractivity contribution in [2.75, 3.05) is 11.9 Å². The number of amides is 2. The Morgan fingerprint density at radius 2 is 1.87 bits per heavy atom. The molecule has 2 aromatic rings. The van der Waals surface area contributed by atoms with Crippen LogP contribution in [0.15, 0.2) is 72.4 Å². The number of rotatable bonds is 5. The summed E-state index contributed by atoms with van der Waals surface area (Å²) in [5.41, 5.74) is 0.228. The van der Waals surface area contributed by atoms with Crippen LogP contribution in [0.1, 0.15) is 11.1 Å². The second-order valence-corrected chi connectivity index (χ2v) is 6.69. The predicted octanol–water partition coefficient (Wildman–Crippen LogP) is 3.96. The lowest BCUT2D eigenvalue weighted by atomic mass is 10.2. The molecule has 1 aliphatic rings. The molecule has 0 bridgehead atoms. The van der Waals surface area contributed by atoms with Gasteiger partial charge in [0, 0.05) is 5.69 Å². The van der Waals surface area contributed by atoms with E-state index < -0.39 is 30.1 Å². The third-order valence-electron chi connectivity index (χ3n) is 4.09. The van der Waals surface area contributed by atoms with Gasteiger partial charge in [-0.05, 0) is 42.1 Å². The number of nitrogens with one attached hydrogen (secondary N) is 2. The van der Waals surface area contributed by atoms with E-state index >= 15 is 0 Å². The zero-order chi connectivity index (χ0) is 21.7. The lowest BCUT2D eigenvalue weighted by Gasteiger charge is -2.14. The van der Waals surface area contributed by atoms with Gasteiger partial charge < -0.3 is 10.6 Å². The molecule has 30 heavy (non-hydrogen) atoms. The molecule has 0 saturated carbocycles. The monoisotopic (exact) mass is 431 g/mol. The smallest absolute Gasteiger partial charge is 0.328 e. The van der Waals surface area contributed by atoms with E-state index in [0.29, 0.717) is 0 Å². The molecular formula is C21H16F3N3O2S. The Morgan fingerprint density at radius 3 is 2.57 bits per heavy atom. The van der Waals surface area contributed by atoms with E-state index in [9.17, 15) is 22.8 Å². The highest BCUT2D eigenvalue weighted by atomic mass is 32.1. The van der Waals surface area contributed by atoms with Crippen LogP contribution in [0, 0.1) is 0 Å². The molecule has 0 aliphatic carbocycles. The summed E-state index contributed by atoms with van der Waals surface area (Å²) in [4.78, 5) is 25.7. The van der Waals surface area contributed by atoms with Crippen molar-refractivity contribution in [1.29, 1.82) is 0 Å². The summed E-state index contributed by atoms with van der Waals surface area (Å²) in [6.07, 6.45) is 0.481. The maximum absolute atomic E-state index is 12.8. The van der Waals surface area contributed by atoms with Crippen molar-refractivity contribution >= 4 is 40.9 Å². The Kier molecular flexibility index (Phi) is 6.31. The van der Waals surface area contributed by atoms with Crippen LogP contribution in [0.3, 0.4) is 0 Å². The molecule has 2 amide bonds. The van der Waals surface area contributed by atoms with Crippen LogP contribution in [0.25, 0.3) is 6.08 Å². The number of hydrogen-bond donors (Lipinski definition) is 2. The van der Waals surface area contributed by atoms with Crippen molar-refractivity contribution in [3.05, 3.63) is 83.6 Å². The summed E-state index contributed by atoms with van der Waals surface area (Å²) in [6.45, 7) is -0.430. The zero-order valence-electron chi connectivity index (χ0n) is 15.4. The molecule has 0 aromatic heterocycles. The van der Waals surface area contributed by atoms with Crippen molar-refractivity contribution in [2.24, 2.45) is 0 Å². The van der Waals surface area contributed by atoms with Crippen LogP contribution in [0.4, 0.5) is 18.9 Å². The molecule has 1 fully saturated rings. The maximum Gasteiger partial charge on any atom is 0.416 e. The molecule has 154 valence electrons. The molecule has 1 aliphatic heterocycles. The highest BCUT2D eigenvalue weighted by Crippen LogP contribution is 2.30. The first-order valence-corrected chi connectivity index (χ1v) is 9.18. The first-order valence-electron chi connectivity index (χ1n) is 8.77. The van der Waals surface area contributed by atoms with Gasteiger partial charge in [0.05, 0.1) is 5.56 Å². The van der Waals surface area contributed by atoms with Crippen molar-refractivity contribution < 1.29 is 22.8 Å². The highest BCUT2D eigenvalue weighted by molar-refractivity contribution is 7.80. The first-order chi connectivity index (χ1) is 14.2. The minimum Gasteiger partial charge on any atom is -0.328 e. The van der Waals surface area contributed by atoms with E-state index in [4.69, 9.17) is 12.2 Å². The van der Waals surface area contributed by atoms with Gasteiger partial charge in [0.2, 0.25) is 5.91 Å². The van der Waals surface area contributed by atoms with E-state index in [1.807, 2.05) is 30.3 Å². The summed E-state index contributed by atoms with van der Waals surface area (Å²) in [5, 5.41) is 5.12. The van der Waals surface area contributed by atoms with Crippen LogP contribution in [0.5, 0.6) is 0 Å². The molecule has 0 atom stereocenters. The molecule has 1 heterocycles. The molecule has 1 saturated heterocycles. The SMILES string of the molecule is O=C(CN1C(=O)/C(=C/C=C/c2ccccc2)NC1=S)Nc1cccc(C(F)(F)F)c1. The average Bonchev–Trinajstić information content (AvgIpc) is 2.96. The summed E-state index contributed by atoms with van der Waals surface area (Å²) in [5.74, 6) is -1.18. The van der Waals surface area contributed by atoms with Crippen LogP contribution in [-0.4, -0.2) is 28.4 Å². The highest BCUT2D eigenvalue weighted by Gasteiger charge is 2.32. The molecular weight excluding hydrogens is 415 g/mol. The van der Waals surface area contributed by atoms with Gasteiger partial charge in [-0.1, -0.05) is 48.6 Å². The largest absolute Gasteiger partial charge is 0.416 e. The third-order valence-corrected chi connectivity index (χ3v) is 4.41. The third kappa shape index (κ3) is 5.32. The van der Waals surface area contributed by atoms with Gasteiger partial charge in [0.25, 0.3) is 5.91 Å². The molecule has 0 unspecified atom stereocenters. The van der Waals surface area contributed by atoms with Gasteiger partial charge in [0.15, 0.2) is 5.11 Å². The molecule has 2 N–H and O–H groups in total. The van der Waals surface area contributed by atoms with Gasteiger partial charge in [0.1, 0.15) is 12.2 Å². The number of halogens is 3. The Hall–Kier alpha value is -3.46. The van der Waals surface area contributed by atoms with Crippen molar-refractivity contribution in [3.63, 3.8) is 0 Å². The number of thiocarbonyl (C=S) groups is 1. The lowest BCUT2D eigenvalue weighted by molar-refractivity contribution is -0.137. The van der Waals surface area contributed by atoms with Crippen LogP contribution in [0.2, 0.25) is 0 Å². The summed E-state index contributed by atoms with van der Waals surface area (Å²) in [6, 6.07) is 13.7. The Bertz CT molecular complexity index is 1030. The van der Waals surface area contributed by atoms with Crippen molar-refractivity contribution in [2.45, 2.75) is 6.18 Å². The summed E-state index contributed by atoms with van der Waals surface area (Å²) >= 11 is 5.09. The second-order valence-electron chi connectivity index (χ2n) is 6.30. The van der Waals surface area contributed by atoms with Gasteiger partial charge in [-0.2, -0.15) is 13.2 Å². The maximum atomic E-state index is 12.8. The number of benzene rings is 2. The van der Waals surface area contributed by atoms with Crippen LogP contribution < -0.4 is 10.6 Å². The van der Waals surface area contributed by atoms with E-state index in [2.05, 4.69) is 10.6 Å². The fourth-order valence-electron chi connectivity index (χ4n) is 2.67. The second kappa shape index (κ2) is 8.91. The summed E-state index contributed by atoms with van der Waals surface area (Å²) < 4.78 is 38.4. The van der Waals surface area contributed by atoms with Crippen LogP contribution in [-0.2, 0) is 15.8 Å². The van der Waals surface area contributed by atoms with Gasteiger partial charge >= 0.3 is 6.18 Å². The average molecular weight is 431 g/mol. The van der Waals surface area contributed by atoms with Gasteiger partial charge in [-0.25, -0.2) is 0 Å². The number of nitrogens with zero attached hydrogens (tertiary/aromatic N) is 1. The molecule has 0 spiro atoms. The predicted molar refractivity (Wildman–Crippen MR) is 111 cm³/mol. The standard InChI is InChI=1S/C21H16F3N3O2S/c22-21(23,24)15-9-5-10-16(12-15)25-18(28)13-27-19(29)17(26-20(27)30)11-4-8-14-6-2-1-3-7-14/h1-12H,13H2,(H,25,28)(H,26,30)/b8-4+,17-11-. The van der Waals surface area contributed by atoms with Crippen molar-refractivity contribution in [3.8, 4) is 0 Å². The van der Waals surface area contributed by atoms with Gasteiger partial charge in [-0.3, -0.25) is 14.5 Å². The topological polar surface area (TPSA) is 61.4 Å². The Labute approximate surface area is 175 Å². The number of carbonyl (C=O) groups excluding carboxylic acids is 2. The number of alkyl halides is 3. The summed E-state index contributed by atoms with van der Waals surface area (Å²) in [7, 11) is 0. The normalized spacial score (nSPS) is 15.7. The fraction of sp³-hybridized carbons (Fsp3) is 0.0952. The minimum atomic E-state index is -4.52.